The Morgan fingerprint density at radius 2 is 1.52 bits per heavy atom. The summed E-state index contributed by atoms with van der Waals surface area (Å²) >= 11 is 0. The topological polar surface area (TPSA) is 51.2 Å². The molecular formula is C25H46O3S. The van der Waals surface area contributed by atoms with E-state index >= 15 is 0 Å². The van der Waals surface area contributed by atoms with Gasteiger partial charge in [0.05, 0.1) is 5.75 Å². The van der Waals surface area contributed by atoms with Crippen molar-refractivity contribution in [2.75, 3.05) is 5.75 Å². The van der Waals surface area contributed by atoms with Gasteiger partial charge in [0.2, 0.25) is 0 Å². The first kappa shape index (κ1) is 26.4. The molecule has 3 atom stereocenters. The Balaban J connectivity index is 2.45. The van der Waals surface area contributed by atoms with Gasteiger partial charge >= 0.3 is 0 Å². The summed E-state index contributed by atoms with van der Waals surface area (Å²) in [4.78, 5) is 12.3. The number of unbranched alkanes of at least 4 members (excludes halogenated alkanes) is 9. The Morgan fingerprint density at radius 1 is 1.00 bits per heavy atom. The minimum absolute atomic E-state index is 0.0362. The molecule has 0 saturated heterocycles. The second-order valence-electron chi connectivity index (χ2n) is 9.97. The van der Waals surface area contributed by atoms with Gasteiger partial charge in [0.15, 0.2) is 9.84 Å². The highest BCUT2D eigenvalue weighted by Gasteiger charge is 2.40. The number of ketones is 1. The van der Waals surface area contributed by atoms with Crippen LogP contribution in [0.1, 0.15) is 112 Å². The van der Waals surface area contributed by atoms with Crippen LogP contribution >= 0.6 is 0 Å². The molecule has 1 aliphatic carbocycles. The number of allylic oxidation sites excluding steroid dienone is 2. The third-order valence-electron chi connectivity index (χ3n) is 6.86. The van der Waals surface area contributed by atoms with Gasteiger partial charge in [-0.15, -0.1) is 0 Å². The lowest BCUT2D eigenvalue weighted by Crippen LogP contribution is -2.39. The minimum atomic E-state index is -3.38. The molecule has 0 amide bonds. The van der Waals surface area contributed by atoms with Crippen molar-refractivity contribution in [3.8, 4) is 0 Å². The highest BCUT2D eigenvalue weighted by Crippen LogP contribution is 2.43. The van der Waals surface area contributed by atoms with Crippen molar-refractivity contribution in [1.29, 1.82) is 0 Å². The predicted molar refractivity (Wildman–Crippen MR) is 125 cm³/mol. The van der Waals surface area contributed by atoms with Crippen LogP contribution in [0, 0.1) is 17.3 Å². The van der Waals surface area contributed by atoms with E-state index in [2.05, 4.69) is 39.8 Å². The van der Waals surface area contributed by atoms with Gasteiger partial charge in [-0.2, -0.15) is 0 Å². The maximum atomic E-state index is 13.0. The number of hydrogen-bond acceptors (Lipinski definition) is 3. The van der Waals surface area contributed by atoms with Crippen molar-refractivity contribution in [2.24, 2.45) is 17.3 Å². The molecule has 0 heterocycles. The van der Waals surface area contributed by atoms with E-state index in [0.717, 1.165) is 19.3 Å². The van der Waals surface area contributed by atoms with Gasteiger partial charge in [-0.3, -0.25) is 4.79 Å². The molecule has 0 saturated carbocycles. The number of carbonyl (C=O) groups is 1. The Labute approximate surface area is 181 Å². The molecule has 0 spiro atoms. The molecule has 29 heavy (non-hydrogen) atoms. The van der Waals surface area contributed by atoms with Gasteiger partial charge in [0.25, 0.3) is 0 Å². The van der Waals surface area contributed by atoms with Crippen LogP contribution in [0.15, 0.2) is 12.2 Å². The first-order chi connectivity index (χ1) is 13.6. The van der Waals surface area contributed by atoms with Crippen LogP contribution in [0.3, 0.4) is 0 Å². The Morgan fingerprint density at radius 3 is 2.00 bits per heavy atom. The van der Waals surface area contributed by atoms with Crippen LogP contribution in [-0.2, 0) is 14.6 Å². The molecule has 3 nitrogen and oxygen atoms in total. The zero-order valence-electron chi connectivity index (χ0n) is 19.7. The second-order valence-corrected chi connectivity index (χ2v) is 12.3. The molecule has 1 rings (SSSR count). The minimum Gasteiger partial charge on any atom is -0.299 e. The average Bonchev–Trinajstić information content (AvgIpc) is 2.62. The normalized spacial score (nSPS) is 22.5. The molecule has 1 aliphatic rings. The number of rotatable bonds is 15. The largest absolute Gasteiger partial charge is 0.299 e. The maximum absolute atomic E-state index is 13.0. The van der Waals surface area contributed by atoms with Crippen molar-refractivity contribution in [3.05, 3.63) is 12.2 Å². The summed E-state index contributed by atoms with van der Waals surface area (Å²) < 4.78 is 25.9. The van der Waals surface area contributed by atoms with Crippen molar-refractivity contribution in [1.82, 2.24) is 0 Å². The van der Waals surface area contributed by atoms with E-state index in [1.54, 1.807) is 0 Å². The zero-order chi connectivity index (χ0) is 21.9. The van der Waals surface area contributed by atoms with E-state index in [0.29, 0.717) is 18.8 Å². The third-order valence-corrected chi connectivity index (χ3v) is 9.11. The molecule has 0 N–H and O–H groups in total. The standard InChI is InChI=1S/C25H46O3S/c1-6-7-8-9-10-11-12-13-14-15-19-29(27,28)24(22(3)26)20-23-21(2)17-16-18-25(23,4)5/h16-17,21,23-24H,6-15,18-20H2,1-5H3. The fourth-order valence-electron chi connectivity index (χ4n) is 4.85. The van der Waals surface area contributed by atoms with E-state index in [1.807, 2.05) is 0 Å². The SMILES string of the molecule is CCCCCCCCCCCCS(=O)(=O)C(CC1C(C)C=CCC1(C)C)C(C)=O. The summed E-state index contributed by atoms with van der Waals surface area (Å²) in [5.74, 6) is 0.511. The maximum Gasteiger partial charge on any atom is 0.160 e. The van der Waals surface area contributed by atoms with Crippen molar-refractivity contribution >= 4 is 15.6 Å². The van der Waals surface area contributed by atoms with Gasteiger partial charge in [-0.1, -0.05) is 97.6 Å². The van der Waals surface area contributed by atoms with Crippen LogP contribution in [0.2, 0.25) is 0 Å². The fraction of sp³-hybridized carbons (Fsp3) is 0.880. The second kappa shape index (κ2) is 12.9. The van der Waals surface area contributed by atoms with E-state index in [9.17, 15) is 13.2 Å². The van der Waals surface area contributed by atoms with Crippen molar-refractivity contribution in [2.45, 2.75) is 117 Å². The Bertz CT molecular complexity index is 604. The van der Waals surface area contributed by atoms with Crippen LogP contribution in [-0.4, -0.2) is 25.2 Å². The molecule has 0 aromatic rings. The van der Waals surface area contributed by atoms with Crippen LogP contribution in [0.4, 0.5) is 0 Å². The van der Waals surface area contributed by atoms with E-state index < -0.39 is 15.1 Å². The fourth-order valence-corrected chi connectivity index (χ4v) is 6.74. The smallest absolute Gasteiger partial charge is 0.160 e. The monoisotopic (exact) mass is 426 g/mol. The van der Waals surface area contributed by atoms with Gasteiger partial charge in [-0.25, -0.2) is 8.42 Å². The molecule has 0 aromatic carbocycles. The Hall–Kier alpha value is -0.640. The molecule has 4 heteroatoms. The van der Waals surface area contributed by atoms with Gasteiger partial charge in [-0.05, 0) is 43.4 Å². The number of Topliss-reactive ketones (excluding diaryl/α,β-unsaturated/α-hetero) is 1. The first-order valence-corrected chi connectivity index (χ1v) is 13.7. The number of hydrogen-bond donors (Lipinski definition) is 0. The van der Waals surface area contributed by atoms with E-state index in [1.165, 1.54) is 51.9 Å². The summed E-state index contributed by atoms with van der Waals surface area (Å²) in [6.45, 7) is 10.2. The molecule has 0 radical (unpaired) electrons. The summed E-state index contributed by atoms with van der Waals surface area (Å²) in [5, 5.41) is -0.834. The Kier molecular flexibility index (Phi) is 11.8. The molecule has 0 aliphatic heterocycles. The first-order valence-electron chi connectivity index (χ1n) is 12.0. The summed E-state index contributed by atoms with van der Waals surface area (Å²) in [7, 11) is -3.38. The van der Waals surface area contributed by atoms with Crippen LogP contribution in [0.25, 0.3) is 0 Å². The summed E-state index contributed by atoms with van der Waals surface area (Å²) in [6, 6.07) is 0. The average molecular weight is 427 g/mol. The van der Waals surface area contributed by atoms with Gasteiger partial charge in [0.1, 0.15) is 11.0 Å². The highest BCUT2D eigenvalue weighted by atomic mass is 32.2. The molecule has 170 valence electrons. The molecule has 0 fully saturated rings. The lowest BCUT2D eigenvalue weighted by molar-refractivity contribution is -0.117. The van der Waals surface area contributed by atoms with Gasteiger partial charge < -0.3 is 0 Å². The highest BCUT2D eigenvalue weighted by molar-refractivity contribution is 7.92. The molecular weight excluding hydrogens is 380 g/mol. The lowest BCUT2D eigenvalue weighted by atomic mass is 9.65. The predicted octanol–water partition coefficient (Wildman–Crippen LogP) is 6.91. The van der Waals surface area contributed by atoms with Crippen molar-refractivity contribution in [3.63, 3.8) is 0 Å². The zero-order valence-corrected chi connectivity index (χ0v) is 20.5. The number of carbonyl (C=O) groups excluding carboxylic acids is 1. The third kappa shape index (κ3) is 9.36. The van der Waals surface area contributed by atoms with Crippen molar-refractivity contribution < 1.29 is 13.2 Å². The summed E-state index contributed by atoms with van der Waals surface area (Å²) in [6.07, 6.45) is 17.6. The van der Waals surface area contributed by atoms with E-state index in [-0.39, 0.29) is 22.9 Å². The quantitative estimate of drug-likeness (QED) is 0.211. The van der Waals surface area contributed by atoms with Crippen LogP contribution < -0.4 is 0 Å². The molecule has 3 unspecified atom stereocenters. The van der Waals surface area contributed by atoms with Crippen LogP contribution in [0.5, 0.6) is 0 Å². The summed E-state index contributed by atoms with van der Waals surface area (Å²) in [5.41, 5.74) is 0.0362. The van der Waals surface area contributed by atoms with Gasteiger partial charge in [0, 0.05) is 0 Å². The molecule has 0 bridgehead atoms. The number of sulfone groups is 1. The molecule has 0 aromatic heterocycles. The van der Waals surface area contributed by atoms with E-state index in [4.69, 9.17) is 0 Å². The lowest BCUT2D eigenvalue weighted by Gasteiger charge is -2.41.